The number of amides is 2. The number of benzene rings is 2. The molecule has 1 atom stereocenters. The zero-order valence-corrected chi connectivity index (χ0v) is 16.8. The Kier molecular flexibility index (Phi) is 7.58. The minimum Gasteiger partial charge on any atom is -0.454 e. The van der Waals surface area contributed by atoms with Crippen LogP contribution < -0.4 is 10.6 Å². The number of hydrogen-bond donors (Lipinski definition) is 2. The lowest BCUT2D eigenvalue weighted by Gasteiger charge is -2.14. The van der Waals surface area contributed by atoms with Crippen molar-refractivity contribution in [2.75, 3.05) is 13.2 Å². The maximum atomic E-state index is 12.1. The van der Waals surface area contributed by atoms with Crippen LogP contribution in [0.5, 0.6) is 0 Å². The van der Waals surface area contributed by atoms with Crippen LogP contribution in [0, 0.1) is 13.8 Å². The number of aryl methyl sites for hydroxylation is 2. The van der Waals surface area contributed by atoms with Crippen molar-refractivity contribution in [3.8, 4) is 0 Å². The Hall–Kier alpha value is -2.86. The minimum atomic E-state index is -0.688. The summed E-state index contributed by atoms with van der Waals surface area (Å²) in [7, 11) is 0. The summed E-state index contributed by atoms with van der Waals surface area (Å²) in [5, 5.41) is 5.82. The molecule has 0 saturated carbocycles. The molecule has 0 radical (unpaired) electrons. The highest BCUT2D eigenvalue weighted by Gasteiger charge is 2.13. The van der Waals surface area contributed by atoms with E-state index in [1.807, 2.05) is 39.0 Å². The van der Waals surface area contributed by atoms with Gasteiger partial charge in [0.05, 0.1) is 6.04 Å². The molecule has 7 heteroatoms. The number of carbonyl (C=O) groups is 3. The fourth-order valence-corrected chi connectivity index (χ4v) is 2.58. The first-order valence-corrected chi connectivity index (χ1v) is 9.20. The van der Waals surface area contributed by atoms with E-state index >= 15 is 0 Å². The molecular formula is C21H23ClN2O4. The number of carbonyl (C=O) groups excluding carboxylic acids is 3. The minimum absolute atomic E-state index is 0.257. The second kappa shape index (κ2) is 9.90. The van der Waals surface area contributed by atoms with E-state index < -0.39 is 18.5 Å². The Morgan fingerprint density at radius 3 is 2.36 bits per heavy atom. The topological polar surface area (TPSA) is 84.5 Å². The zero-order valence-electron chi connectivity index (χ0n) is 16.0. The van der Waals surface area contributed by atoms with E-state index in [0.29, 0.717) is 10.6 Å². The molecule has 0 saturated heterocycles. The molecule has 0 bridgehead atoms. The fraction of sp³-hybridized carbons (Fsp3) is 0.286. The third-order valence-corrected chi connectivity index (χ3v) is 4.53. The summed E-state index contributed by atoms with van der Waals surface area (Å²) in [4.78, 5) is 35.8. The van der Waals surface area contributed by atoms with Crippen LogP contribution in [0.2, 0.25) is 5.02 Å². The molecule has 28 heavy (non-hydrogen) atoms. The largest absolute Gasteiger partial charge is 0.454 e. The maximum absolute atomic E-state index is 12.1. The third kappa shape index (κ3) is 6.39. The van der Waals surface area contributed by atoms with Crippen LogP contribution >= 0.6 is 11.6 Å². The Morgan fingerprint density at radius 1 is 1.04 bits per heavy atom. The molecule has 0 aliphatic carbocycles. The molecule has 0 heterocycles. The van der Waals surface area contributed by atoms with Crippen LogP contribution in [0.25, 0.3) is 0 Å². The molecule has 0 fully saturated rings. The van der Waals surface area contributed by atoms with Crippen LogP contribution in [-0.2, 0) is 14.3 Å². The summed E-state index contributed by atoms with van der Waals surface area (Å²) in [6, 6.07) is 12.1. The van der Waals surface area contributed by atoms with Gasteiger partial charge in [-0.25, -0.2) is 0 Å². The van der Waals surface area contributed by atoms with Crippen molar-refractivity contribution < 1.29 is 19.1 Å². The smallest absolute Gasteiger partial charge is 0.325 e. The predicted octanol–water partition coefficient (Wildman–Crippen LogP) is 3.11. The lowest BCUT2D eigenvalue weighted by Crippen LogP contribution is -2.34. The summed E-state index contributed by atoms with van der Waals surface area (Å²) >= 11 is 5.84. The molecule has 148 valence electrons. The Balaban J connectivity index is 1.74. The Bertz CT molecular complexity index is 865. The second-order valence-electron chi connectivity index (χ2n) is 6.48. The highest BCUT2D eigenvalue weighted by Crippen LogP contribution is 2.15. The maximum Gasteiger partial charge on any atom is 0.325 e. The molecule has 6 nitrogen and oxygen atoms in total. The van der Waals surface area contributed by atoms with Gasteiger partial charge >= 0.3 is 5.97 Å². The van der Waals surface area contributed by atoms with Gasteiger partial charge in [0, 0.05) is 10.6 Å². The summed E-state index contributed by atoms with van der Waals surface area (Å²) in [6.45, 7) is 4.94. The van der Waals surface area contributed by atoms with Crippen molar-refractivity contribution in [3.05, 3.63) is 69.7 Å². The van der Waals surface area contributed by atoms with Gasteiger partial charge in [0.1, 0.15) is 6.54 Å². The van der Waals surface area contributed by atoms with E-state index in [0.717, 1.165) is 16.7 Å². The highest BCUT2D eigenvalue weighted by atomic mass is 35.5. The Labute approximate surface area is 169 Å². The molecule has 2 rings (SSSR count). The first-order valence-electron chi connectivity index (χ1n) is 8.82. The van der Waals surface area contributed by atoms with Crippen molar-refractivity contribution in [3.63, 3.8) is 0 Å². The number of ether oxygens (including phenoxy) is 1. The fourth-order valence-electron chi connectivity index (χ4n) is 2.45. The van der Waals surface area contributed by atoms with E-state index in [1.54, 1.807) is 24.3 Å². The molecule has 2 aromatic rings. The molecule has 2 amide bonds. The second-order valence-corrected chi connectivity index (χ2v) is 6.92. The summed E-state index contributed by atoms with van der Waals surface area (Å²) in [6.07, 6.45) is 0. The molecule has 2 N–H and O–H groups in total. The van der Waals surface area contributed by atoms with Gasteiger partial charge in [-0.2, -0.15) is 0 Å². The zero-order chi connectivity index (χ0) is 20.7. The SMILES string of the molecule is Cc1ccc(C(=O)NCC(=O)OCC(=O)N[C@H](C)c2ccc(Cl)cc2)cc1C. The van der Waals surface area contributed by atoms with Crippen LogP contribution in [0.4, 0.5) is 0 Å². The van der Waals surface area contributed by atoms with Crippen molar-refractivity contribution >= 4 is 29.4 Å². The van der Waals surface area contributed by atoms with Gasteiger partial charge < -0.3 is 15.4 Å². The number of rotatable bonds is 7. The molecule has 2 aromatic carbocycles. The summed E-state index contributed by atoms with van der Waals surface area (Å²) in [5.74, 6) is -1.50. The molecular weight excluding hydrogens is 380 g/mol. The van der Waals surface area contributed by atoms with Gasteiger partial charge in [-0.15, -0.1) is 0 Å². The standard InChI is InChI=1S/C21H23ClN2O4/c1-13-4-5-17(10-14(13)2)21(27)23-11-20(26)28-12-19(25)24-15(3)16-6-8-18(22)9-7-16/h4-10,15H,11-12H2,1-3H3,(H,23,27)(H,24,25)/t15-/m1/s1. The normalized spacial score (nSPS) is 11.4. The van der Waals surface area contributed by atoms with Crippen LogP contribution in [0.1, 0.15) is 40.0 Å². The van der Waals surface area contributed by atoms with E-state index in [2.05, 4.69) is 10.6 Å². The van der Waals surface area contributed by atoms with Gasteiger partial charge in [0.25, 0.3) is 11.8 Å². The third-order valence-electron chi connectivity index (χ3n) is 4.27. The monoisotopic (exact) mass is 402 g/mol. The Morgan fingerprint density at radius 2 is 1.71 bits per heavy atom. The van der Waals surface area contributed by atoms with Crippen LogP contribution in [0.3, 0.4) is 0 Å². The van der Waals surface area contributed by atoms with Crippen LogP contribution in [-0.4, -0.2) is 30.9 Å². The summed E-state index contributed by atoms with van der Waals surface area (Å²) in [5.41, 5.74) is 3.41. The molecule has 0 spiro atoms. The average molecular weight is 403 g/mol. The number of nitrogens with one attached hydrogen (secondary N) is 2. The first-order chi connectivity index (χ1) is 13.3. The van der Waals surface area contributed by atoms with Crippen molar-refractivity contribution in [2.45, 2.75) is 26.8 Å². The lowest BCUT2D eigenvalue weighted by atomic mass is 10.1. The first kappa shape index (κ1) is 21.4. The number of esters is 1. The van der Waals surface area contributed by atoms with Crippen molar-refractivity contribution in [1.82, 2.24) is 10.6 Å². The quantitative estimate of drug-likeness (QED) is 0.697. The molecule has 0 aliphatic rings. The number of halogens is 1. The summed E-state index contributed by atoms with van der Waals surface area (Å²) < 4.78 is 4.90. The predicted molar refractivity (Wildman–Crippen MR) is 107 cm³/mol. The van der Waals surface area contributed by atoms with E-state index in [1.165, 1.54) is 0 Å². The average Bonchev–Trinajstić information content (AvgIpc) is 2.67. The van der Waals surface area contributed by atoms with Gasteiger partial charge in [-0.05, 0) is 61.7 Å². The van der Waals surface area contributed by atoms with E-state index in [4.69, 9.17) is 16.3 Å². The van der Waals surface area contributed by atoms with E-state index in [9.17, 15) is 14.4 Å². The number of hydrogen-bond acceptors (Lipinski definition) is 4. The molecule has 0 aliphatic heterocycles. The lowest BCUT2D eigenvalue weighted by molar-refractivity contribution is -0.147. The van der Waals surface area contributed by atoms with Crippen LogP contribution in [0.15, 0.2) is 42.5 Å². The van der Waals surface area contributed by atoms with E-state index in [-0.39, 0.29) is 18.5 Å². The van der Waals surface area contributed by atoms with Gasteiger partial charge in [0.15, 0.2) is 6.61 Å². The highest BCUT2D eigenvalue weighted by molar-refractivity contribution is 6.30. The van der Waals surface area contributed by atoms with Gasteiger partial charge in [0.2, 0.25) is 0 Å². The van der Waals surface area contributed by atoms with Crippen molar-refractivity contribution in [2.24, 2.45) is 0 Å². The van der Waals surface area contributed by atoms with Gasteiger partial charge in [-0.3, -0.25) is 14.4 Å². The molecule has 0 aromatic heterocycles. The molecule has 0 unspecified atom stereocenters. The van der Waals surface area contributed by atoms with Crippen molar-refractivity contribution in [1.29, 1.82) is 0 Å². The van der Waals surface area contributed by atoms with Gasteiger partial charge in [-0.1, -0.05) is 29.8 Å².